The molecule has 4 heteroatoms. The lowest BCUT2D eigenvalue weighted by Crippen LogP contribution is -2.11. The summed E-state index contributed by atoms with van der Waals surface area (Å²) in [5, 5.41) is 7.21. The number of benzene rings is 1. The van der Waals surface area contributed by atoms with E-state index >= 15 is 0 Å². The first-order valence-electron chi connectivity index (χ1n) is 7.43. The summed E-state index contributed by atoms with van der Waals surface area (Å²) in [5.41, 5.74) is 3.01. The molecule has 1 aromatic carbocycles. The molecule has 0 spiro atoms. The largest absolute Gasteiger partial charge is 0.339 e. The fraction of sp³-hybridized carbons (Fsp3) is 0.500. The summed E-state index contributed by atoms with van der Waals surface area (Å²) < 4.78 is 5.50. The Morgan fingerprint density at radius 1 is 1.30 bits per heavy atom. The highest BCUT2D eigenvalue weighted by atomic mass is 16.5. The van der Waals surface area contributed by atoms with Crippen LogP contribution in [0, 0.1) is 5.92 Å². The van der Waals surface area contributed by atoms with Crippen LogP contribution in [0.5, 0.6) is 0 Å². The van der Waals surface area contributed by atoms with Gasteiger partial charge in [-0.1, -0.05) is 29.4 Å². The van der Waals surface area contributed by atoms with Crippen LogP contribution in [0.3, 0.4) is 0 Å². The minimum atomic E-state index is 0.453. The van der Waals surface area contributed by atoms with Crippen LogP contribution in [0.4, 0.5) is 0 Å². The smallest absolute Gasteiger partial charge is 0.230 e. The number of fused-ring (bicyclic) bond motifs is 3. The first-order valence-corrected chi connectivity index (χ1v) is 7.43. The number of nitrogens with one attached hydrogen (secondary N) is 1. The van der Waals surface area contributed by atoms with Crippen molar-refractivity contribution in [1.82, 2.24) is 15.5 Å². The Balaban J connectivity index is 1.56. The van der Waals surface area contributed by atoms with Crippen molar-refractivity contribution in [2.24, 2.45) is 5.92 Å². The molecule has 2 aromatic rings. The molecule has 4 rings (SSSR count). The molecular formula is C16H19N3O. The lowest BCUT2D eigenvalue weighted by atomic mass is 9.92. The van der Waals surface area contributed by atoms with Crippen molar-refractivity contribution in [3.05, 3.63) is 47.1 Å². The molecule has 0 bridgehead atoms. The Bertz CT molecular complexity index is 622. The highest BCUT2D eigenvalue weighted by molar-refractivity contribution is 5.42. The molecule has 0 aliphatic heterocycles. The molecular weight excluding hydrogens is 250 g/mol. The summed E-state index contributed by atoms with van der Waals surface area (Å²) in [6.07, 6.45) is 3.27. The summed E-state index contributed by atoms with van der Waals surface area (Å²) in [6.45, 7) is 0.888. The minimum absolute atomic E-state index is 0.453. The molecule has 1 N–H and O–H groups in total. The van der Waals surface area contributed by atoms with Gasteiger partial charge in [-0.3, -0.25) is 0 Å². The summed E-state index contributed by atoms with van der Waals surface area (Å²) >= 11 is 0. The molecule has 3 atom stereocenters. The molecule has 2 aliphatic carbocycles. The number of aromatic nitrogens is 2. The Kier molecular flexibility index (Phi) is 2.84. The highest BCUT2D eigenvalue weighted by Gasteiger charge is 2.56. The summed E-state index contributed by atoms with van der Waals surface area (Å²) in [4.78, 5) is 4.59. The van der Waals surface area contributed by atoms with Crippen molar-refractivity contribution in [2.75, 3.05) is 13.6 Å². The van der Waals surface area contributed by atoms with Gasteiger partial charge in [-0.05, 0) is 42.9 Å². The fourth-order valence-corrected chi connectivity index (χ4v) is 3.64. The zero-order valence-corrected chi connectivity index (χ0v) is 11.7. The van der Waals surface area contributed by atoms with Crippen molar-refractivity contribution < 1.29 is 4.52 Å². The van der Waals surface area contributed by atoms with E-state index < -0.39 is 0 Å². The summed E-state index contributed by atoms with van der Waals surface area (Å²) in [5.74, 6) is 3.45. The Morgan fingerprint density at radius 3 is 3.10 bits per heavy atom. The second-order valence-electron chi connectivity index (χ2n) is 5.86. The van der Waals surface area contributed by atoms with Gasteiger partial charge in [0, 0.05) is 18.9 Å². The van der Waals surface area contributed by atoms with E-state index in [4.69, 9.17) is 4.52 Å². The number of likely N-dealkylation sites (N-methyl/N-ethyl adjacent to an activating group) is 1. The molecule has 0 saturated heterocycles. The third kappa shape index (κ3) is 1.86. The maximum Gasteiger partial charge on any atom is 0.230 e. The van der Waals surface area contributed by atoms with E-state index in [9.17, 15) is 0 Å². The first kappa shape index (κ1) is 12.1. The normalized spacial score (nSPS) is 26.9. The van der Waals surface area contributed by atoms with E-state index in [2.05, 4.69) is 39.7 Å². The van der Waals surface area contributed by atoms with E-state index in [-0.39, 0.29) is 0 Å². The molecule has 2 aliphatic rings. The molecule has 1 heterocycles. The van der Waals surface area contributed by atoms with E-state index in [1.54, 1.807) is 0 Å². The van der Waals surface area contributed by atoms with Crippen LogP contribution in [-0.2, 0) is 12.8 Å². The molecule has 1 fully saturated rings. The molecule has 20 heavy (non-hydrogen) atoms. The average Bonchev–Trinajstić information content (AvgIpc) is 3.06. The third-order valence-electron chi connectivity index (χ3n) is 4.70. The summed E-state index contributed by atoms with van der Waals surface area (Å²) in [6, 6.07) is 8.80. The maximum atomic E-state index is 5.50. The molecule has 0 radical (unpaired) electrons. The quantitative estimate of drug-likeness (QED) is 0.925. The van der Waals surface area contributed by atoms with Crippen LogP contribution in [-0.4, -0.2) is 23.7 Å². The molecule has 4 nitrogen and oxygen atoms in total. The molecule has 104 valence electrons. The van der Waals surface area contributed by atoms with Crippen LogP contribution < -0.4 is 5.32 Å². The SMILES string of the molecule is CNCCc1noc(C2C3CCc4ccccc4C32)n1. The average molecular weight is 269 g/mol. The van der Waals surface area contributed by atoms with Crippen LogP contribution in [0.25, 0.3) is 0 Å². The highest BCUT2D eigenvalue weighted by Crippen LogP contribution is 2.64. The maximum absolute atomic E-state index is 5.50. The van der Waals surface area contributed by atoms with E-state index in [0.717, 1.165) is 24.7 Å². The second-order valence-corrected chi connectivity index (χ2v) is 5.86. The van der Waals surface area contributed by atoms with Gasteiger partial charge in [-0.25, -0.2) is 0 Å². The number of hydrogen-bond donors (Lipinski definition) is 1. The monoisotopic (exact) mass is 269 g/mol. The number of aryl methyl sites for hydroxylation is 1. The summed E-state index contributed by atoms with van der Waals surface area (Å²) in [7, 11) is 1.94. The van der Waals surface area contributed by atoms with Gasteiger partial charge in [-0.15, -0.1) is 0 Å². The lowest BCUT2D eigenvalue weighted by molar-refractivity contribution is 0.368. The Hall–Kier alpha value is -1.68. The predicted molar refractivity (Wildman–Crippen MR) is 75.7 cm³/mol. The number of nitrogens with zero attached hydrogens (tertiary/aromatic N) is 2. The van der Waals surface area contributed by atoms with Crippen LogP contribution in [0.15, 0.2) is 28.8 Å². The van der Waals surface area contributed by atoms with Crippen LogP contribution in [0.1, 0.15) is 41.1 Å². The van der Waals surface area contributed by atoms with Gasteiger partial charge in [0.1, 0.15) is 0 Å². The number of rotatable bonds is 4. The first-order chi connectivity index (χ1) is 9.88. The minimum Gasteiger partial charge on any atom is -0.339 e. The number of hydrogen-bond acceptors (Lipinski definition) is 4. The van der Waals surface area contributed by atoms with Gasteiger partial charge in [0.15, 0.2) is 5.82 Å². The van der Waals surface area contributed by atoms with Gasteiger partial charge in [0.25, 0.3) is 0 Å². The van der Waals surface area contributed by atoms with Gasteiger partial charge in [-0.2, -0.15) is 4.98 Å². The van der Waals surface area contributed by atoms with Crippen LogP contribution >= 0.6 is 0 Å². The van der Waals surface area contributed by atoms with Crippen molar-refractivity contribution in [1.29, 1.82) is 0 Å². The van der Waals surface area contributed by atoms with E-state index in [1.165, 1.54) is 24.0 Å². The van der Waals surface area contributed by atoms with Crippen LogP contribution in [0.2, 0.25) is 0 Å². The predicted octanol–water partition coefficient (Wildman–Crippen LogP) is 2.27. The Labute approximate surface area is 118 Å². The molecule has 0 amide bonds. The van der Waals surface area contributed by atoms with Crippen molar-refractivity contribution in [2.45, 2.75) is 31.1 Å². The van der Waals surface area contributed by atoms with Crippen molar-refractivity contribution in [3.8, 4) is 0 Å². The van der Waals surface area contributed by atoms with E-state index in [1.807, 2.05) is 7.05 Å². The zero-order valence-electron chi connectivity index (χ0n) is 11.7. The fourth-order valence-electron chi connectivity index (χ4n) is 3.64. The second kappa shape index (κ2) is 4.70. The third-order valence-corrected chi connectivity index (χ3v) is 4.70. The van der Waals surface area contributed by atoms with E-state index in [0.29, 0.717) is 17.8 Å². The molecule has 1 saturated carbocycles. The molecule has 3 unspecified atom stereocenters. The van der Waals surface area contributed by atoms with Gasteiger partial charge >= 0.3 is 0 Å². The van der Waals surface area contributed by atoms with Gasteiger partial charge in [0.05, 0.1) is 0 Å². The topological polar surface area (TPSA) is 51.0 Å². The zero-order chi connectivity index (χ0) is 13.5. The van der Waals surface area contributed by atoms with Gasteiger partial charge < -0.3 is 9.84 Å². The van der Waals surface area contributed by atoms with Crippen molar-refractivity contribution >= 4 is 0 Å². The Morgan fingerprint density at radius 2 is 2.20 bits per heavy atom. The standard InChI is InChI=1S/C16H19N3O/c1-17-9-8-13-18-16(20-19-13)15-12-7-6-10-4-2-3-5-11(10)14(12)15/h2-5,12,14-15,17H,6-9H2,1H3. The van der Waals surface area contributed by atoms with Gasteiger partial charge in [0.2, 0.25) is 5.89 Å². The lowest BCUT2D eigenvalue weighted by Gasteiger charge is -2.13. The van der Waals surface area contributed by atoms with Crippen molar-refractivity contribution in [3.63, 3.8) is 0 Å². The molecule has 1 aromatic heterocycles.